The van der Waals surface area contributed by atoms with Crippen molar-refractivity contribution in [1.29, 1.82) is 0 Å². The first-order chi connectivity index (χ1) is 23.0. The summed E-state index contributed by atoms with van der Waals surface area (Å²) >= 11 is 0.961. The van der Waals surface area contributed by atoms with Gasteiger partial charge in [-0.3, -0.25) is 0 Å². The minimum absolute atomic E-state index is 0.0868. The van der Waals surface area contributed by atoms with Gasteiger partial charge in [0.05, 0.1) is 41.7 Å². The van der Waals surface area contributed by atoms with E-state index in [-0.39, 0.29) is 15.4 Å². The molecule has 2 aliphatic carbocycles. The number of aromatic nitrogens is 5. The first-order valence-corrected chi connectivity index (χ1v) is 11.6. The van der Waals surface area contributed by atoms with Crippen LogP contribution in [0.2, 0.25) is 0 Å². The molecule has 10 nitrogen and oxygen atoms in total. The van der Waals surface area contributed by atoms with Crippen molar-refractivity contribution in [2.75, 3.05) is 24.2 Å². The molecular weight excluding hydrogens is 487 g/mol. The van der Waals surface area contributed by atoms with E-state index in [4.69, 9.17) is 20.6 Å². The number of aliphatic hydroxyl groups is 3. The summed E-state index contributed by atoms with van der Waals surface area (Å²) in [5.74, 6) is -3.47. The number of halogens is 1. The topological polar surface area (TPSA) is 138 Å². The van der Waals surface area contributed by atoms with Crippen LogP contribution in [-0.2, 0) is 4.74 Å². The van der Waals surface area contributed by atoms with Crippen LogP contribution in [0.25, 0.3) is 11.2 Å². The zero-order chi connectivity index (χ0) is 38.9. The molecular formula is C24H31FN6O4S. The van der Waals surface area contributed by atoms with E-state index < -0.39 is 109 Å². The lowest BCUT2D eigenvalue weighted by Gasteiger charge is -2.17. The van der Waals surface area contributed by atoms with Gasteiger partial charge in [-0.1, -0.05) is 36.0 Å². The van der Waals surface area contributed by atoms with Crippen molar-refractivity contribution in [3.8, 4) is 0 Å². The molecule has 5 rings (SSSR count). The summed E-state index contributed by atoms with van der Waals surface area (Å²) in [5, 5.41) is 41.8. The van der Waals surface area contributed by atoms with Gasteiger partial charge in [0.25, 0.3) is 0 Å². The lowest BCUT2D eigenvalue weighted by Crippen LogP contribution is -2.33. The Bertz CT molecular complexity index is 1910. The molecule has 0 aliphatic heterocycles. The van der Waals surface area contributed by atoms with Gasteiger partial charge < -0.3 is 25.4 Å². The number of nitrogens with one attached hydrogen (secondary N) is 1. The predicted octanol–water partition coefficient (Wildman–Crippen LogP) is 2.18. The van der Waals surface area contributed by atoms with Crippen LogP contribution < -0.4 is 5.32 Å². The zero-order valence-corrected chi connectivity index (χ0v) is 19.7. The van der Waals surface area contributed by atoms with Crippen LogP contribution in [0.15, 0.2) is 23.3 Å². The highest BCUT2D eigenvalue weighted by molar-refractivity contribution is 7.99. The summed E-state index contributed by atoms with van der Waals surface area (Å²) in [5.41, 5.74) is -2.13. The Morgan fingerprint density at radius 3 is 3.00 bits per heavy atom. The monoisotopic (exact) mass is 533 g/mol. The second kappa shape index (κ2) is 10.5. The van der Waals surface area contributed by atoms with Crippen LogP contribution >= 0.6 is 11.8 Å². The molecule has 3 aromatic rings. The fourth-order valence-corrected chi connectivity index (χ4v) is 3.96. The Balaban J connectivity index is 1.70. The summed E-state index contributed by atoms with van der Waals surface area (Å²) in [6.45, 7) is -5.11. The van der Waals surface area contributed by atoms with E-state index in [1.807, 2.05) is 0 Å². The number of hydrogen-bond donors (Lipinski definition) is 4. The van der Waals surface area contributed by atoms with Crippen molar-refractivity contribution in [3.63, 3.8) is 0 Å². The number of thioether (sulfide) groups is 1. The normalized spacial score (nSPS) is 48.1. The first kappa shape index (κ1) is 12.9. The zero-order valence-electron chi connectivity index (χ0n) is 33.9. The van der Waals surface area contributed by atoms with Gasteiger partial charge in [-0.05, 0) is 36.9 Å². The summed E-state index contributed by atoms with van der Waals surface area (Å²) in [7, 11) is 0. The minimum Gasteiger partial charge on any atom is -0.394 e. The average Bonchev–Trinajstić information content (AvgIpc) is 3.28. The smallest absolute Gasteiger partial charge is 0.191 e. The van der Waals surface area contributed by atoms with Crippen molar-refractivity contribution in [1.82, 2.24) is 25.0 Å². The minimum atomic E-state index is -4.35. The SMILES string of the molecule is [2H]c1c([2H])c([C@]2([2H])C[C@@]2([2H])Nc2nc(SCCC)nc3c2nnn3[C@]2([2H])C([2H])([2H])[C@]([2H])(OC([2H])([2H])C([2H])([2H])O)[C@@]([2H])(O)[C@@]2([2H])O)c([2H])c(F)c1C. The molecule has 2 aromatic heterocycles. The molecule has 0 radical (unpaired) electrons. The number of anilines is 1. The molecule has 0 saturated heterocycles. The van der Waals surface area contributed by atoms with Gasteiger partial charge in [0.2, 0.25) is 0 Å². The fraction of sp³-hybridized carbons (Fsp3) is 0.583. The number of benzene rings is 1. The van der Waals surface area contributed by atoms with Crippen molar-refractivity contribution in [3.05, 3.63) is 35.1 Å². The largest absolute Gasteiger partial charge is 0.394 e. The maximum absolute atomic E-state index is 14.8. The molecule has 36 heavy (non-hydrogen) atoms. The standard InChI is InChI=1S/C24H31FN6O4S/c1-3-8-36-24-27-22(26-16-10-14(16)13-5-4-12(2)15(25)9-13)19-23(28-24)31(30-29-19)17-11-18(35-7-6-32)21(34)20(17)33/h4-5,9,14,16-18,20-21,32-34H,3,6-8,10-11H2,1-2H3,(H,26,27,28)/t14-,16+,17+,18-,20-,21+/m0/s1/i4D,5D,6D2,7D2,9D,11D2,14D,16D,17D,18D,20D,21D. The van der Waals surface area contributed by atoms with Crippen molar-refractivity contribution < 1.29 is 45.0 Å². The van der Waals surface area contributed by atoms with Gasteiger partial charge in [-0.25, -0.2) is 19.0 Å². The maximum Gasteiger partial charge on any atom is 0.191 e. The Hall–Kier alpha value is -2.38. The molecule has 4 N–H and O–H groups in total. The molecule has 194 valence electrons. The number of fused-ring (bicyclic) bond motifs is 1. The summed E-state index contributed by atoms with van der Waals surface area (Å²) in [6, 6.07) is -8.23. The average molecular weight is 534 g/mol. The molecule has 2 saturated carbocycles. The second-order valence-electron chi connectivity index (χ2n) is 7.64. The highest BCUT2D eigenvalue weighted by Gasteiger charge is 2.45. The van der Waals surface area contributed by atoms with E-state index in [1.54, 1.807) is 6.92 Å². The quantitative estimate of drug-likeness (QED) is 0.227. The van der Waals surface area contributed by atoms with Gasteiger partial charge >= 0.3 is 0 Å². The third-order valence-electron chi connectivity index (χ3n) is 5.12. The van der Waals surface area contributed by atoms with Crippen LogP contribution in [0, 0.1) is 12.7 Å². The highest BCUT2D eigenvalue weighted by Crippen LogP contribution is 2.44. The van der Waals surface area contributed by atoms with Gasteiger partial charge in [0, 0.05) is 28.1 Å². The lowest BCUT2D eigenvalue weighted by atomic mass is 10.1. The molecule has 0 bridgehead atoms. The number of ether oxygens (including phenoxy) is 1. The molecule has 0 spiro atoms. The second-order valence-corrected chi connectivity index (χ2v) is 8.70. The molecule has 2 heterocycles. The predicted molar refractivity (Wildman–Crippen MR) is 133 cm³/mol. The summed E-state index contributed by atoms with van der Waals surface area (Å²) < 4.78 is 144. The summed E-state index contributed by atoms with van der Waals surface area (Å²) in [4.78, 5) is 8.45. The molecule has 12 heteroatoms. The van der Waals surface area contributed by atoms with Gasteiger partial charge in [-0.15, -0.1) is 5.10 Å². The Morgan fingerprint density at radius 2 is 2.22 bits per heavy atom. The van der Waals surface area contributed by atoms with Gasteiger partial charge in [0.1, 0.15) is 18.0 Å². The molecule has 1 aromatic carbocycles. The van der Waals surface area contributed by atoms with Gasteiger partial charge in [-0.2, -0.15) is 0 Å². The fourth-order valence-electron chi connectivity index (χ4n) is 3.27. The number of rotatable bonds is 10. The Morgan fingerprint density at radius 1 is 1.39 bits per heavy atom. The van der Waals surface area contributed by atoms with E-state index in [0.29, 0.717) is 12.2 Å². The summed E-state index contributed by atoms with van der Waals surface area (Å²) in [6.07, 6.45) is -16.9. The molecule has 0 amide bonds. The van der Waals surface area contributed by atoms with Crippen LogP contribution in [-0.4, -0.2) is 83.4 Å². The van der Waals surface area contributed by atoms with Crippen LogP contribution in [0.5, 0.6) is 0 Å². The first-order valence-electron chi connectivity index (χ1n) is 18.1. The van der Waals surface area contributed by atoms with E-state index in [9.17, 15) is 19.7 Å². The number of hydrogen-bond acceptors (Lipinski definition) is 10. The molecule has 2 aliphatic rings. The van der Waals surface area contributed by atoms with E-state index in [1.165, 1.54) is 6.92 Å². The van der Waals surface area contributed by atoms with Crippen LogP contribution in [0.1, 0.15) is 69.7 Å². The number of nitrogens with zero attached hydrogens (tertiary/aromatic N) is 5. The maximum atomic E-state index is 14.8. The highest BCUT2D eigenvalue weighted by atomic mass is 32.2. The van der Waals surface area contributed by atoms with E-state index in [0.717, 1.165) is 11.8 Å². The van der Waals surface area contributed by atoms with Crippen LogP contribution in [0.3, 0.4) is 0 Å². The molecule has 0 unspecified atom stereocenters. The Labute approximate surface area is 233 Å². The third kappa shape index (κ3) is 4.92. The molecule has 6 atom stereocenters. The van der Waals surface area contributed by atoms with Crippen LogP contribution in [0.4, 0.5) is 10.2 Å². The van der Waals surface area contributed by atoms with Crippen molar-refractivity contribution in [2.24, 2.45) is 0 Å². The van der Waals surface area contributed by atoms with E-state index >= 15 is 0 Å². The lowest BCUT2D eigenvalue weighted by molar-refractivity contribution is -0.0629. The Kier molecular flexibility index (Phi) is 3.78. The third-order valence-corrected chi connectivity index (χ3v) is 6.18. The molecule has 2 fully saturated rings. The van der Waals surface area contributed by atoms with Gasteiger partial charge in [0.15, 0.2) is 22.1 Å². The van der Waals surface area contributed by atoms with Crippen molar-refractivity contribution in [2.45, 2.75) is 74.4 Å². The van der Waals surface area contributed by atoms with E-state index in [2.05, 4.69) is 30.3 Å². The van der Waals surface area contributed by atoms with Crippen molar-refractivity contribution >= 4 is 28.7 Å².